The van der Waals surface area contributed by atoms with Crippen LogP contribution in [-0.2, 0) is 9.53 Å². The van der Waals surface area contributed by atoms with Crippen LogP contribution in [0.25, 0.3) is 0 Å². The summed E-state index contributed by atoms with van der Waals surface area (Å²) >= 11 is 0. The third-order valence-corrected chi connectivity index (χ3v) is 2.16. The molecule has 6 heteroatoms. The van der Waals surface area contributed by atoms with Gasteiger partial charge in [-0.1, -0.05) is 0 Å². The number of carbonyl (C=O) groups is 2. The van der Waals surface area contributed by atoms with Gasteiger partial charge in [-0.15, -0.1) is 0 Å². The number of amides is 1. The number of rotatable bonds is 5. The molecule has 0 saturated carbocycles. The van der Waals surface area contributed by atoms with Gasteiger partial charge in [0, 0.05) is 0 Å². The second kappa shape index (κ2) is 6.61. The van der Waals surface area contributed by atoms with E-state index in [-0.39, 0.29) is 12.5 Å². The number of benzene rings is 1. The summed E-state index contributed by atoms with van der Waals surface area (Å²) in [7, 11) is 1.30. The Kier molecular flexibility index (Phi) is 5.13. The summed E-state index contributed by atoms with van der Waals surface area (Å²) in [6, 6.07) is 4.63. The van der Waals surface area contributed by atoms with Crippen molar-refractivity contribution in [3.63, 3.8) is 0 Å². The number of nitrogens with two attached hydrogens (primary N) is 1. The van der Waals surface area contributed by atoms with Crippen molar-refractivity contribution < 1.29 is 19.1 Å². The Morgan fingerprint density at radius 1 is 1.39 bits per heavy atom. The van der Waals surface area contributed by atoms with E-state index in [1.807, 2.05) is 0 Å². The number of carbonyl (C=O) groups excluding carboxylic acids is 2. The van der Waals surface area contributed by atoms with Crippen LogP contribution in [0.4, 0.5) is 5.69 Å². The van der Waals surface area contributed by atoms with Crippen LogP contribution in [-0.4, -0.2) is 32.1 Å². The van der Waals surface area contributed by atoms with E-state index < -0.39 is 5.97 Å². The Morgan fingerprint density at radius 2 is 2.11 bits per heavy atom. The molecule has 3 N–H and O–H groups in total. The number of methoxy groups -OCH3 is 1. The Bertz CT molecular complexity index is 446. The molecular formula is C12H16N2O4. The van der Waals surface area contributed by atoms with Crippen LogP contribution < -0.4 is 15.8 Å². The fraction of sp³-hybridized carbons (Fsp3) is 0.333. The lowest BCUT2D eigenvalue weighted by Gasteiger charge is -2.12. The van der Waals surface area contributed by atoms with Crippen LogP contribution in [0.5, 0.6) is 5.75 Å². The van der Waals surface area contributed by atoms with Gasteiger partial charge < -0.3 is 20.5 Å². The van der Waals surface area contributed by atoms with Gasteiger partial charge >= 0.3 is 5.97 Å². The van der Waals surface area contributed by atoms with Crippen molar-refractivity contribution in [2.45, 2.75) is 6.92 Å². The van der Waals surface area contributed by atoms with Gasteiger partial charge in [0.1, 0.15) is 5.75 Å². The fourth-order valence-electron chi connectivity index (χ4n) is 1.35. The summed E-state index contributed by atoms with van der Waals surface area (Å²) < 4.78 is 9.96. The topological polar surface area (TPSA) is 90.6 Å². The maximum Gasteiger partial charge on any atom is 0.337 e. The smallest absolute Gasteiger partial charge is 0.337 e. The van der Waals surface area contributed by atoms with Gasteiger partial charge in [-0.25, -0.2) is 4.79 Å². The van der Waals surface area contributed by atoms with Crippen molar-refractivity contribution >= 4 is 17.6 Å². The normalized spacial score (nSPS) is 9.72. The maximum atomic E-state index is 11.4. The predicted molar refractivity (Wildman–Crippen MR) is 66.6 cm³/mol. The molecule has 0 aliphatic heterocycles. The minimum absolute atomic E-state index is 0.121. The van der Waals surface area contributed by atoms with Crippen LogP contribution in [0.3, 0.4) is 0 Å². The zero-order chi connectivity index (χ0) is 13.5. The van der Waals surface area contributed by atoms with Crippen molar-refractivity contribution in [3.05, 3.63) is 23.8 Å². The Balaban J connectivity index is 3.03. The first-order chi connectivity index (χ1) is 8.62. The van der Waals surface area contributed by atoms with Crippen LogP contribution in [0, 0.1) is 0 Å². The molecule has 0 spiro atoms. The lowest BCUT2D eigenvalue weighted by molar-refractivity contribution is -0.114. The largest absolute Gasteiger partial charge is 0.492 e. The standard InChI is InChI=1S/C12H16N2O4/c1-3-18-10-6-8(12(16)17-2)4-5-9(10)14-11(15)7-13/h4-6H,3,7,13H2,1-2H3,(H,14,15). The highest BCUT2D eigenvalue weighted by atomic mass is 16.5. The summed E-state index contributed by atoms with van der Waals surface area (Å²) in [5.74, 6) is -0.392. The number of hydrogen-bond acceptors (Lipinski definition) is 5. The first kappa shape index (κ1) is 14.0. The third-order valence-electron chi connectivity index (χ3n) is 2.16. The number of anilines is 1. The second-order valence-electron chi connectivity index (χ2n) is 3.39. The van der Waals surface area contributed by atoms with Crippen molar-refractivity contribution in [2.24, 2.45) is 5.73 Å². The SMILES string of the molecule is CCOc1cc(C(=O)OC)ccc1NC(=O)CN. The first-order valence-electron chi connectivity index (χ1n) is 5.47. The fourth-order valence-corrected chi connectivity index (χ4v) is 1.35. The van der Waals surface area contributed by atoms with Crippen molar-refractivity contribution in [3.8, 4) is 5.75 Å². The lowest BCUT2D eigenvalue weighted by atomic mass is 10.2. The predicted octanol–water partition coefficient (Wildman–Crippen LogP) is 0.769. The highest BCUT2D eigenvalue weighted by Gasteiger charge is 2.12. The quantitative estimate of drug-likeness (QED) is 0.755. The third kappa shape index (κ3) is 3.46. The van der Waals surface area contributed by atoms with Gasteiger partial charge in [0.25, 0.3) is 0 Å². The van der Waals surface area contributed by atoms with Gasteiger partial charge in [-0.2, -0.15) is 0 Å². The first-order valence-corrected chi connectivity index (χ1v) is 5.47. The maximum absolute atomic E-state index is 11.4. The van der Waals surface area contributed by atoms with Crippen LogP contribution >= 0.6 is 0 Å². The Morgan fingerprint density at radius 3 is 2.67 bits per heavy atom. The van der Waals surface area contributed by atoms with E-state index in [1.54, 1.807) is 19.1 Å². The summed E-state index contributed by atoms with van der Waals surface area (Å²) in [4.78, 5) is 22.6. The van der Waals surface area contributed by atoms with Crippen LogP contribution in [0.1, 0.15) is 17.3 Å². The average Bonchev–Trinajstić information content (AvgIpc) is 2.39. The molecule has 0 saturated heterocycles. The van der Waals surface area contributed by atoms with Gasteiger partial charge in [0.05, 0.1) is 31.5 Å². The van der Waals surface area contributed by atoms with E-state index in [4.69, 9.17) is 10.5 Å². The van der Waals surface area contributed by atoms with Gasteiger partial charge in [0.2, 0.25) is 5.91 Å². The van der Waals surface area contributed by atoms with Gasteiger partial charge in [-0.05, 0) is 25.1 Å². The van der Waals surface area contributed by atoms with E-state index in [9.17, 15) is 9.59 Å². The summed E-state index contributed by atoms with van der Waals surface area (Å²) in [6.07, 6.45) is 0. The molecule has 1 amide bonds. The zero-order valence-electron chi connectivity index (χ0n) is 10.4. The summed E-state index contributed by atoms with van der Waals surface area (Å²) in [5, 5.41) is 2.59. The molecule has 98 valence electrons. The van der Waals surface area contributed by atoms with Crippen LogP contribution in [0.15, 0.2) is 18.2 Å². The van der Waals surface area contributed by atoms with E-state index in [1.165, 1.54) is 13.2 Å². The van der Waals surface area contributed by atoms with Crippen molar-refractivity contribution in [1.29, 1.82) is 0 Å². The highest BCUT2D eigenvalue weighted by Crippen LogP contribution is 2.26. The molecule has 0 aliphatic carbocycles. The molecule has 0 radical (unpaired) electrons. The second-order valence-corrected chi connectivity index (χ2v) is 3.39. The average molecular weight is 252 g/mol. The lowest BCUT2D eigenvalue weighted by Crippen LogP contribution is -2.22. The van der Waals surface area contributed by atoms with E-state index in [0.717, 1.165) is 0 Å². The minimum Gasteiger partial charge on any atom is -0.492 e. The number of ether oxygens (including phenoxy) is 2. The Hall–Kier alpha value is -2.08. The monoisotopic (exact) mass is 252 g/mol. The summed E-state index contributed by atoms with van der Waals surface area (Å²) in [5.41, 5.74) is 6.04. The molecule has 0 aliphatic rings. The van der Waals surface area contributed by atoms with E-state index in [0.29, 0.717) is 23.6 Å². The minimum atomic E-state index is -0.465. The van der Waals surface area contributed by atoms with E-state index >= 15 is 0 Å². The zero-order valence-corrected chi connectivity index (χ0v) is 10.4. The number of nitrogens with one attached hydrogen (secondary N) is 1. The molecule has 0 fully saturated rings. The molecule has 18 heavy (non-hydrogen) atoms. The van der Waals surface area contributed by atoms with Gasteiger partial charge in [-0.3, -0.25) is 4.79 Å². The molecule has 0 aromatic heterocycles. The van der Waals surface area contributed by atoms with Crippen LogP contribution in [0.2, 0.25) is 0 Å². The molecular weight excluding hydrogens is 236 g/mol. The molecule has 1 aromatic rings. The molecule has 1 aromatic carbocycles. The number of hydrogen-bond donors (Lipinski definition) is 2. The molecule has 0 atom stereocenters. The van der Waals surface area contributed by atoms with Crippen molar-refractivity contribution in [1.82, 2.24) is 0 Å². The molecule has 0 heterocycles. The molecule has 0 unspecified atom stereocenters. The van der Waals surface area contributed by atoms with Gasteiger partial charge in [0.15, 0.2) is 0 Å². The van der Waals surface area contributed by atoms with Crippen molar-refractivity contribution in [2.75, 3.05) is 25.6 Å². The summed E-state index contributed by atoms with van der Waals surface area (Å²) in [6.45, 7) is 2.10. The molecule has 0 bridgehead atoms. The molecule has 6 nitrogen and oxygen atoms in total. The highest BCUT2D eigenvalue weighted by molar-refractivity contribution is 5.95. The Labute approximate surface area is 105 Å². The number of esters is 1. The molecule has 1 rings (SSSR count). The van der Waals surface area contributed by atoms with E-state index in [2.05, 4.69) is 10.1 Å².